The Bertz CT molecular complexity index is 720. The second kappa shape index (κ2) is 7.23. The van der Waals surface area contributed by atoms with E-state index < -0.39 is 0 Å². The third-order valence-corrected chi connectivity index (χ3v) is 5.93. The number of rotatable bonds is 5. The van der Waals surface area contributed by atoms with Gasteiger partial charge in [-0.15, -0.1) is 11.8 Å². The highest BCUT2D eigenvalue weighted by Gasteiger charge is 2.24. The molecule has 3 rings (SSSR count). The van der Waals surface area contributed by atoms with E-state index >= 15 is 0 Å². The number of nitrogens with zero attached hydrogens (tertiary/aromatic N) is 2. The summed E-state index contributed by atoms with van der Waals surface area (Å²) in [4.78, 5) is 12.4. The molecule has 1 aliphatic rings. The number of thioether (sulfide) groups is 2. The Kier molecular flexibility index (Phi) is 5.25. The van der Waals surface area contributed by atoms with Crippen molar-refractivity contribution >= 4 is 35.2 Å². The Morgan fingerprint density at radius 1 is 1.29 bits per heavy atom. The number of carbonyl (C=O) groups excluding carboxylic acids is 1. The van der Waals surface area contributed by atoms with Gasteiger partial charge in [0.05, 0.1) is 18.0 Å². The van der Waals surface area contributed by atoms with Crippen molar-refractivity contribution in [2.24, 2.45) is 0 Å². The number of fused-ring (bicyclic) bond motifs is 1. The number of carbonyl (C=O) groups is 1. The smallest absolute Gasteiger partial charge is 0.235 e. The molecule has 0 unspecified atom stereocenters. The largest absolute Gasteiger partial charge is 0.310 e. The van der Waals surface area contributed by atoms with E-state index in [0.29, 0.717) is 12.3 Å². The predicted molar refractivity (Wildman–Crippen MR) is 104 cm³/mol. The normalized spacial score (nSPS) is 13.8. The summed E-state index contributed by atoms with van der Waals surface area (Å²) in [5.74, 6) is 3.23. The molecule has 2 heterocycles. The van der Waals surface area contributed by atoms with Crippen LogP contribution in [0.3, 0.4) is 0 Å². The van der Waals surface area contributed by atoms with E-state index in [0.717, 1.165) is 23.0 Å². The average molecular weight is 362 g/mol. The Labute approximate surface area is 151 Å². The highest BCUT2D eigenvalue weighted by atomic mass is 32.2. The first-order valence-electron chi connectivity index (χ1n) is 8.06. The summed E-state index contributed by atoms with van der Waals surface area (Å²) in [6, 6.07) is 10.2. The molecule has 1 aromatic carbocycles. The van der Waals surface area contributed by atoms with Crippen molar-refractivity contribution in [3.8, 4) is 0 Å². The molecule has 6 heteroatoms. The number of nitrogens with one attached hydrogen (secondary N) is 1. The van der Waals surface area contributed by atoms with Crippen LogP contribution in [-0.4, -0.2) is 26.2 Å². The van der Waals surface area contributed by atoms with Crippen molar-refractivity contribution in [1.29, 1.82) is 0 Å². The predicted octanol–water partition coefficient (Wildman–Crippen LogP) is 4.15. The molecule has 1 amide bonds. The summed E-state index contributed by atoms with van der Waals surface area (Å²) < 4.78 is 2.03. The highest BCUT2D eigenvalue weighted by Crippen LogP contribution is 2.35. The topological polar surface area (TPSA) is 46.9 Å². The van der Waals surface area contributed by atoms with Gasteiger partial charge in [-0.1, -0.05) is 51.1 Å². The van der Waals surface area contributed by atoms with E-state index in [1.807, 2.05) is 34.6 Å². The van der Waals surface area contributed by atoms with Crippen LogP contribution in [0.2, 0.25) is 0 Å². The monoisotopic (exact) mass is 361 g/mol. The molecule has 4 nitrogen and oxygen atoms in total. The van der Waals surface area contributed by atoms with Crippen molar-refractivity contribution in [2.75, 3.05) is 11.1 Å². The van der Waals surface area contributed by atoms with Crippen LogP contribution in [0, 0.1) is 0 Å². The van der Waals surface area contributed by atoms with Crippen LogP contribution in [-0.2, 0) is 22.8 Å². The minimum absolute atomic E-state index is 0.0452. The summed E-state index contributed by atoms with van der Waals surface area (Å²) in [7, 11) is 0. The number of hydrogen-bond donors (Lipinski definition) is 1. The first kappa shape index (κ1) is 17.4. The minimum Gasteiger partial charge on any atom is -0.310 e. The van der Waals surface area contributed by atoms with Gasteiger partial charge in [0, 0.05) is 21.8 Å². The third-order valence-electron chi connectivity index (χ3n) is 3.69. The van der Waals surface area contributed by atoms with Gasteiger partial charge in [-0.25, -0.2) is 4.68 Å². The van der Waals surface area contributed by atoms with Crippen LogP contribution < -0.4 is 5.32 Å². The molecule has 0 spiro atoms. The second-order valence-electron chi connectivity index (χ2n) is 6.86. The first-order valence-corrected chi connectivity index (χ1v) is 10.2. The molecule has 24 heavy (non-hydrogen) atoms. The third kappa shape index (κ3) is 4.36. The Morgan fingerprint density at radius 3 is 2.75 bits per heavy atom. The zero-order valence-corrected chi connectivity index (χ0v) is 16.0. The molecule has 0 bridgehead atoms. The van der Waals surface area contributed by atoms with Gasteiger partial charge in [-0.2, -0.15) is 16.9 Å². The maximum Gasteiger partial charge on any atom is 0.235 e. The quantitative estimate of drug-likeness (QED) is 0.869. The summed E-state index contributed by atoms with van der Waals surface area (Å²) in [5, 5.41) is 7.83. The first-order chi connectivity index (χ1) is 11.4. The van der Waals surface area contributed by atoms with Crippen molar-refractivity contribution in [2.45, 2.75) is 43.6 Å². The molecule has 0 saturated heterocycles. The molecule has 0 saturated carbocycles. The number of anilines is 1. The van der Waals surface area contributed by atoms with Crippen LogP contribution in [0.1, 0.15) is 37.6 Å². The van der Waals surface area contributed by atoms with E-state index in [1.54, 1.807) is 11.8 Å². The molecule has 2 aromatic rings. The zero-order valence-electron chi connectivity index (χ0n) is 14.3. The number of amides is 1. The van der Waals surface area contributed by atoms with Crippen LogP contribution in [0.25, 0.3) is 0 Å². The van der Waals surface area contributed by atoms with E-state index in [9.17, 15) is 4.79 Å². The molecular weight excluding hydrogens is 338 g/mol. The maximum absolute atomic E-state index is 12.4. The number of benzene rings is 1. The van der Waals surface area contributed by atoms with E-state index in [2.05, 4.69) is 38.2 Å². The molecule has 1 aromatic heterocycles. The number of aromatic nitrogens is 2. The lowest BCUT2D eigenvalue weighted by Crippen LogP contribution is -2.21. The van der Waals surface area contributed by atoms with Crippen LogP contribution in [0.4, 0.5) is 5.82 Å². The van der Waals surface area contributed by atoms with Gasteiger partial charge < -0.3 is 5.32 Å². The highest BCUT2D eigenvalue weighted by molar-refractivity contribution is 8.01. The Hall–Kier alpha value is -1.40. The van der Waals surface area contributed by atoms with Gasteiger partial charge in [0.2, 0.25) is 5.91 Å². The SMILES string of the molecule is CC(C)(C)SCC(=O)Nc1c2c(nn1Cc1ccccc1)CSC2. The van der Waals surface area contributed by atoms with Crippen LogP contribution in [0.5, 0.6) is 0 Å². The molecule has 128 valence electrons. The van der Waals surface area contributed by atoms with Gasteiger partial charge in [-0.3, -0.25) is 4.79 Å². The van der Waals surface area contributed by atoms with E-state index in [1.165, 1.54) is 11.1 Å². The van der Waals surface area contributed by atoms with E-state index in [4.69, 9.17) is 5.10 Å². The lowest BCUT2D eigenvalue weighted by atomic mass is 10.2. The second-order valence-corrected chi connectivity index (χ2v) is 9.65. The molecule has 0 fully saturated rings. The zero-order chi connectivity index (χ0) is 17.2. The minimum atomic E-state index is 0.0452. The summed E-state index contributed by atoms with van der Waals surface area (Å²) in [5.41, 5.74) is 3.48. The fourth-order valence-corrected chi connectivity index (χ4v) is 4.20. The van der Waals surface area contributed by atoms with Gasteiger partial charge >= 0.3 is 0 Å². The Balaban J connectivity index is 1.77. The van der Waals surface area contributed by atoms with Gasteiger partial charge in [0.1, 0.15) is 5.82 Å². The van der Waals surface area contributed by atoms with E-state index in [-0.39, 0.29) is 10.7 Å². The average Bonchev–Trinajstić information content (AvgIpc) is 3.09. The standard InChI is InChI=1S/C18H23N3OS2/c1-18(2,3)24-12-16(22)19-17-14-10-23-11-15(14)20-21(17)9-13-7-5-4-6-8-13/h4-8H,9-12H2,1-3H3,(H,19,22). The lowest BCUT2D eigenvalue weighted by Gasteiger charge is -2.17. The summed E-state index contributed by atoms with van der Waals surface area (Å²) in [6.45, 7) is 7.05. The molecule has 1 N–H and O–H groups in total. The molecule has 0 atom stereocenters. The van der Waals surface area contributed by atoms with Crippen molar-refractivity contribution < 1.29 is 4.79 Å². The molecular formula is C18H23N3OS2. The van der Waals surface area contributed by atoms with Crippen molar-refractivity contribution in [3.05, 3.63) is 47.2 Å². The fraction of sp³-hybridized carbons (Fsp3) is 0.444. The van der Waals surface area contributed by atoms with Crippen molar-refractivity contribution in [1.82, 2.24) is 9.78 Å². The Morgan fingerprint density at radius 2 is 2.04 bits per heavy atom. The van der Waals surface area contributed by atoms with Crippen LogP contribution in [0.15, 0.2) is 30.3 Å². The fourth-order valence-electron chi connectivity index (χ4n) is 2.53. The summed E-state index contributed by atoms with van der Waals surface area (Å²) >= 11 is 3.51. The van der Waals surface area contributed by atoms with Crippen molar-refractivity contribution in [3.63, 3.8) is 0 Å². The van der Waals surface area contributed by atoms with Crippen LogP contribution >= 0.6 is 23.5 Å². The molecule has 1 aliphatic heterocycles. The van der Waals surface area contributed by atoms with Gasteiger partial charge in [0.15, 0.2) is 0 Å². The number of hydrogen-bond acceptors (Lipinski definition) is 4. The molecule has 0 aliphatic carbocycles. The lowest BCUT2D eigenvalue weighted by molar-refractivity contribution is -0.113. The summed E-state index contributed by atoms with van der Waals surface area (Å²) in [6.07, 6.45) is 0. The maximum atomic E-state index is 12.4. The van der Waals surface area contributed by atoms with Gasteiger partial charge in [-0.05, 0) is 5.56 Å². The van der Waals surface area contributed by atoms with Gasteiger partial charge in [0.25, 0.3) is 0 Å². The molecule has 0 radical (unpaired) electrons.